The Kier molecular flexibility index (Phi) is 6.62. The molecule has 0 bridgehead atoms. The van der Waals surface area contributed by atoms with Crippen molar-refractivity contribution in [2.75, 3.05) is 32.7 Å². The van der Waals surface area contributed by atoms with Crippen LogP contribution in [0.4, 0.5) is 4.79 Å². The lowest BCUT2D eigenvalue weighted by molar-refractivity contribution is -0.143. The predicted octanol–water partition coefficient (Wildman–Crippen LogP) is 0.977. The van der Waals surface area contributed by atoms with Gasteiger partial charge >= 0.3 is 12.0 Å². The molecule has 2 amide bonds. The highest BCUT2D eigenvalue weighted by Gasteiger charge is 2.26. The van der Waals surface area contributed by atoms with Gasteiger partial charge in [-0.1, -0.05) is 19.8 Å². The molecule has 1 rings (SSSR count). The largest absolute Gasteiger partial charge is 0.480 e. The molecule has 1 atom stereocenters. The first kappa shape index (κ1) is 15.8. The number of unbranched alkanes of at least 4 members (excludes halogenated alkanes) is 2. The topological polar surface area (TPSA) is 72.9 Å². The molecule has 19 heavy (non-hydrogen) atoms. The van der Waals surface area contributed by atoms with Crippen molar-refractivity contribution in [1.29, 1.82) is 0 Å². The number of piperazine rings is 1. The quantitative estimate of drug-likeness (QED) is 0.706. The van der Waals surface area contributed by atoms with Crippen molar-refractivity contribution in [3.8, 4) is 0 Å². The SMILES string of the molecule is CCCCCNC(=O)N1CCN(C(C)C(=O)O)CC1. The Hall–Kier alpha value is -1.30. The van der Waals surface area contributed by atoms with Gasteiger partial charge in [0.1, 0.15) is 6.04 Å². The van der Waals surface area contributed by atoms with Gasteiger partial charge in [0.25, 0.3) is 0 Å². The summed E-state index contributed by atoms with van der Waals surface area (Å²) in [5, 5.41) is 11.8. The minimum atomic E-state index is -0.808. The fraction of sp³-hybridized carbons (Fsp3) is 0.846. The van der Waals surface area contributed by atoms with Crippen LogP contribution in [0.3, 0.4) is 0 Å². The number of rotatable bonds is 6. The van der Waals surface area contributed by atoms with Crippen LogP contribution < -0.4 is 5.32 Å². The Bertz CT molecular complexity index is 302. The molecule has 1 saturated heterocycles. The molecule has 1 aliphatic heterocycles. The maximum Gasteiger partial charge on any atom is 0.320 e. The normalized spacial score (nSPS) is 18.1. The molecule has 6 nitrogen and oxygen atoms in total. The molecular formula is C13H25N3O3. The highest BCUT2D eigenvalue weighted by Crippen LogP contribution is 2.06. The van der Waals surface area contributed by atoms with Gasteiger partial charge in [-0.25, -0.2) is 4.79 Å². The Labute approximate surface area is 114 Å². The van der Waals surface area contributed by atoms with Crippen LogP contribution in [0.2, 0.25) is 0 Å². The number of aliphatic carboxylic acids is 1. The van der Waals surface area contributed by atoms with Crippen LogP contribution in [0.5, 0.6) is 0 Å². The lowest BCUT2D eigenvalue weighted by Crippen LogP contribution is -2.55. The van der Waals surface area contributed by atoms with Crippen LogP contribution in [0.25, 0.3) is 0 Å². The second kappa shape index (κ2) is 7.99. The van der Waals surface area contributed by atoms with E-state index < -0.39 is 12.0 Å². The van der Waals surface area contributed by atoms with Crippen molar-refractivity contribution >= 4 is 12.0 Å². The molecule has 0 spiro atoms. The van der Waals surface area contributed by atoms with Gasteiger partial charge in [0.2, 0.25) is 0 Å². The smallest absolute Gasteiger partial charge is 0.320 e. The lowest BCUT2D eigenvalue weighted by Gasteiger charge is -2.36. The fourth-order valence-electron chi connectivity index (χ4n) is 2.15. The van der Waals surface area contributed by atoms with Crippen molar-refractivity contribution in [3.05, 3.63) is 0 Å². The number of hydrogen-bond acceptors (Lipinski definition) is 3. The van der Waals surface area contributed by atoms with Crippen molar-refractivity contribution in [3.63, 3.8) is 0 Å². The molecule has 0 aromatic carbocycles. The van der Waals surface area contributed by atoms with Crippen LogP contribution in [0.1, 0.15) is 33.1 Å². The minimum Gasteiger partial charge on any atom is -0.480 e. The zero-order valence-corrected chi connectivity index (χ0v) is 11.9. The van der Waals surface area contributed by atoms with Crippen molar-refractivity contribution < 1.29 is 14.7 Å². The standard InChI is InChI=1S/C13H25N3O3/c1-3-4-5-6-14-13(19)16-9-7-15(8-10-16)11(2)12(17)18/h11H,3-10H2,1-2H3,(H,14,19)(H,17,18). The fourth-order valence-corrected chi connectivity index (χ4v) is 2.15. The monoisotopic (exact) mass is 271 g/mol. The number of carbonyl (C=O) groups is 2. The molecule has 110 valence electrons. The van der Waals surface area contributed by atoms with Crippen molar-refractivity contribution in [1.82, 2.24) is 15.1 Å². The molecule has 1 aliphatic rings. The number of amides is 2. The van der Waals surface area contributed by atoms with Crippen molar-refractivity contribution in [2.45, 2.75) is 39.2 Å². The second-order valence-corrected chi connectivity index (χ2v) is 4.98. The van der Waals surface area contributed by atoms with Gasteiger partial charge in [-0.05, 0) is 13.3 Å². The number of nitrogens with one attached hydrogen (secondary N) is 1. The molecule has 0 aromatic heterocycles. The van der Waals surface area contributed by atoms with Gasteiger partial charge in [0.15, 0.2) is 0 Å². The van der Waals surface area contributed by atoms with Crippen LogP contribution in [0, 0.1) is 0 Å². The molecule has 1 fully saturated rings. The van der Waals surface area contributed by atoms with E-state index in [1.807, 2.05) is 4.90 Å². The van der Waals surface area contributed by atoms with Crippen LogP contribution in [-0.4, -0.2) is 65.7 Å². The summed E-state index contributed by atoms with van der Waals surface area (Å²) < 4.78 is 0. The van der Waals surface area contributed by atoms with Gasteiger partial charge in [0, 0.05) is 32.7 Å². The average Bonchev–Trinajstić information content (AvgIpc) is 2.42. The molecule has 1 unspecified atom stereocenters. The van der Waals surface area contributed by atoms with E-state index in [0.717, 1.165) is 25.8 Å². The molecule has 0 radical (unpaired) electrons. The van der Waals surface area contributed by atoms with Gasteiger partial charge < -0.3 is 15.3 Å². The predicted molar refractivity (Wildman–Crippen MR) is 73.2 cm³/mol. The van der Waals surface area contributed by atoms with Gasteiger partial charge in [-0.15, -0.1) is 0 Å². The summed E-state index contributed by atoms with van der Waals surface area (Å²) in [6.45, 7) is 6.96. The van der Waals surface area contributed by atoms with E-state index in [4.69, 9.17) is 5.11 Å². The van der Waals surface area contributed by atoms with Crippen LogP contribution >= 0.6 is 0 Å². The van der Waals surface area contributed by atoms with Crippen LogP contribution in [0.15, 0.2) is 0 Å². The number of hydrogen-bond donors (Lipinski definition) is 2. The molecular weight excluding hydrogens is 246 g/mol. The van der Waals surface area contributed by atoms with E-state index >= 15 is 0 Å². The third-order valence-electron chi connectivity index (χ3n) is 3.56. The summed E-state index contributed by atoms with van der Waals surface area (Å²) in [6, 6.07) is -0.506. The Balaban J connectivity index is 2.25. The summed E-state index contributed by atoms with van der Waals surface area (Å²) in [5.74, 6) is -0.808. The molecule has 6 heteroatoms. The highest BCUT2D eigenvalue weighted by atomic mass is 16.4. The first-order valence-electron chi connectivity index (χ1n) is 7.06. The minimum absolute atomic E-state index is 0.0290. The molecule has 0 aliphatic carbocycles. The molecule has 1 heterocycles. The highest BCUT2D eigenvalue weighted by molar-refractivity contribution is 5.74. The van der Waals surface area contributed by atoms with Gasteiger partial charge in [-0.2, -0.15) is 0 Å². The number of carbonyl (C=O) groups excluding carboxylic acids is 1. The van der Waals surface area contributed by atoms with Gasteiger partial charge in [-0.3, -0.25) is 9.69 Å². The Morgan fingerprint density at radius 2 is 1.84 bits per heavy atom. The molecule has 0 aromatic rings. The maximum atomic E-state index is 11.9. The second-order valence-electron chi connectivity index (χ2n) is 4.98. The van der Waals surface area contributed by atoms with E-state index in [9.17, 15) is 9.59 Å². The number of nitrogens with zero attached hydrogens (tertiary/aromatic N) is 2. The van der Waals surface area contributed by atoms with E-state index in [1.54, 1.807) is 11.8 Å². The summed E-state index contributed by atoms with van der Waals surface area (Å²) in [7, 11) is 0. The third-order valence-corrected chi connectivity index (χ3v) is 3.56. The first-order valence-corrected chi connectivity index (χ1v) is 7.06. The maximum absolute atomic E-state index is 11.9. The summed E-state index contributed by atoms with van der Waals surface area (Å²) in [6.07, 6.45) is 3.28. The third kappa shape index (κ3) is 5.06. The van der Waals surface area contributed by atoms with Gasteiger partial charge in [0.05, 0.1) is 0 Å². The molecule has 2 N–H and O–H groups in total. The zero-order valence-electron chi connectivity index (χ0n) is 11.9. The summed E-state index contributed by atoms with van der Waals surface area (Å²) in [5.41, 5.74) is 0. The van der Waals surface area contributed by atoms with E-state index in [-0.39, 0.29) is 6.03 Å². The summed E-state index contributed by atoms with van der Waals surface area (Å²) in [4.78, 5) is 26.4. The molecule has 0 saturated carbocycles. The Morgan fingerprint density at radius 1 is 1.21 bits per heavy atom. The Morgan fingerprint density at radius 3 is 2.37 bits per heavy atom. The average molecular weight is 271 g/mol. The number of carboxylic acid groups (broad SMARTS) is 1. The van der Waals surface area contributed by atoms with Crippen LogP contribution in [-0.2, 0) is 4.79 Å². The lowest BCUT2D eigenvalue weighted by atomic mass is 10.2. The first-order chi connectivity index (χ1) is 9.06. The van der Waals surface area contributed by atoms with Crippen molar-refractivity contribution in [2.24, 2.45) is 0 Å². The zero-order chi connectivity index (χ0) is 14.3. The van der Waals surface area contributed by atoms with E-state index in [0.29, 0.717) is 26.2 Å². The van der Waals surface area contributed by atoms with E-state index in [1.165, 1.54) is 0 Å². The van der Waals surface area contributed by atoms with E-state index in [2.05, 4.69) is 12.2 Å². The summed E-state index contributed by atoms with van der Waals surface area (Å²) >= 11 is 0. The number of carboxylic acids is 1. The number of urea groups is 1.